The summed E-state index contributed by atoms with van der Waals surface area (Å²) in [6, 6.07) is 9.00. The summed E-state index contributed by atoms with van der Waals surface area (Å²) in [5, 5.41) is 0. The summed E-state index contributed by atoms with van der Waals surface area (Å²) >= 11 is 0. The Labute approximate surface area is 93.1 Å². The van der Waals surface area contributed by atoms with E-state index in [1.54, 1.807) is 0 Å². The highest BCUT2D eigenvalue weighted by molar-refractivity contribution is 5.55. The molecule has 0 aromatic heterocycles. The van der Waals surface area contributed by atoms with Crippen LogP contribution in [-0.2, 0) is 0 Å². The van der Waals surface area contributed by atoms with E-state index in [2.05, 4.69) is 49.9 Å². The highest BCUT2D eigenvalue weighted by atomic mass is 15.1. The Bertz CT molecular complexity index is 305. The lowest BCUT2D eigenvalue weighted by Gasteiger charge is -2.30. The van der Waals surface area contributed by atoms with Crippen molar-refractivity contribution in [2.75, 3.05) is 11.4 Å². The molecule has 0 bridgehead atoms. The first-order valence-electron chi connectivity index (χ1n) is 5.69. The molecular formula is C13H22N2. The van der Waals surface area contributed by atoms with Crippen molar-refractivity contribution in [3.05, 3.63) is 29.8 Å². The normalized spacial score (nSPS) is 12.9. The standard InChI is InChI=1S/C13H22N2/c1-5-15(10(2)3)13-9-7-6-8-12(13)11(4)14/h6-11H,5,14H2,1-4H3. The van der Waals surface area contributed by atoms with E-state index in [1.807, 2.05) is 6.92 Å². The average molecular weight is 206 g/mol. The largest absolute Gasteiger partial charge is 0.369 e. The number of para-hydroxylation sites is 1. The van der Waals surface area contributed by atoms with Crippen molar-refractivity contribution in [3.8, 4) is 0 Å². The summed E-state index contributed by atoms with van der Waals surface area (Å²) in [6.45, 7) is 9.65. The van der Waals surface area contributed by atoms with Crippen LogP contribution >= 0.6 is 0 Å². The van der Waals surface area contributed by atoms with Gasteiger partial charge in [0.25, 0.3) is 0 Å². The predicted octanol–water partition coefficient (Wildman–Crippen LogP) is 2.94. The fraction of sp³-hybridized carbons (Fsp3) is 0.538. The van der Waals surface area contributed by atoms with Crippen molar-refractivity contribution in [3.63, 3.8) is 0 Å². The van der Waals surface area contributed by atoms with Crippen molar-refractivity contribution in [2.24, 2.45) is 5.73 Å². The van der Waals surface area contributed by atoms with Gasteiger partial charge < -0.3 is 10.6 Å². The minimum atomic E-state index is 0.0917. The number of nitrogens with two attached hydrogens (primary N) is 1. The van der Waals surface area contributed by atoms with Gasteiger partial charge in [0.2, 0.25) is 0 Å². The molecule has 0 saturated carbocycles. The Balaban J connectivity index is 3.11. The number of hydrogen-bond donors (Lipinski definition) is 1. The lowest BCUT2D eigenvalue weighted by molar-refractivity contribution is 0.691. The number of hydrogen-bond acceptors (Lipinski definition) is 2. The van der Waals surface area contributed by atoms with E-state index >= 15 is 0 Å². The topological polar surface area (TPSA) is 29.3 Å². The van der Waals surface area contributed by atoms with Gasteiger partial charge in [-0.25, -0.2) is 0 Å². The van der Waals surface area contributed by atoms with E-state index < -0.39 is 0 Å². The third-order valence-corrected chi connectivity index (χ3v) is 2.70. The summed E-state index contributed by atoms with van der Waals surface area (Å²) in [5.74, 6) is 0. The SMILES string of the molecule is CCN(c1ccccc1C(C)N)C(C)C. The number of nitrogens with zero attached hydrogens (tertiary/aromatic N) is 1. The predicted molar refractivity (Wildman–Crippen MR) is 67.2 cm³/mol. The Hall–Kier alpha value is -1.02. The molecular weight excluding hydrogens is 184 g/mol. The van der Waals surface area contributed by atoms with Crippen LogP contribution in [0.4, 0.5) is 5.69 Å². The second-order valence-electron chi connectivity index (χ2n) is 4.23. The van der Waals surface area contributed by atoms with E-state index in [0.717, 1.165) is 6.54 Å². The van der Waals surface area contributed by atoms with Gasteiger partial charge >= 0.3 is 0 Å². The van der Waals surface area contributed by atoms with E-state index in [4.69, 9.17) is 5.73 Å². The molecule has 0 heterocycles. The molecule has 15 heavy (non-hydrogen) atoms. The van der Waals surface area contributed by atoms with Gasteiger partial charge in [-0.2, -0.15) is 0 Å². The molecule has 1 aromatic rings. The molecule has 1 unspecified atom stereocenters. The lowest BCUT2D eigenvalue weighted by atomic mass is 10.0. The minimum absolute atomic E-state index is 0.0917. The van der Waals surface area contributed by atoms with Crippen LogP contribution in [0.25, 0.3) is 0 Å². The second kappa shape index (κ2) is 5.17. The van der Waals surface area contributed by atoms with E-state index in [0.29, 0.717) is 6.04 Å². The smallest absolute Gasteiger partial charge is 0.0416 e. The maximum absolute atomic E-state index is 5.98. The molecule has 0 radical (unpaired) electrons. The van der Waals surface area contributed by atoms with Gasteiger partial charge in [-0.1, -0.05) is 18.2 Å². The lowest BCUT2D eigenvalue weighted by Crippen LogP contribution is -2.31. The van der Waals surface area contributed by atoms with E-state index in [1.165, 1.54) is 11.3 Å². The zero-order chi connectivity index (χ0) is 11.4. The second-order valence-corrected chi connectivity index (χ2v) is 4.23. The Morgan fingerprint density at radius 1 is 1.20 bits per heavy atom. The Kier molecular flexibility index (Phi) is 4.15. The third kappa shape index (κ3) is 2.72. The quantitative estimate of drug-likeness (QED) is 0.820. The summed E-state index contributed by atoms with van der Waals surface area (Å²) in [5.41, 5.74) is 8.48. The molecule has 2 N–H and O–H groups in total. The molecule has 0 fully saturated rings. The average Bonchev–Trinajstić information content (AvgIpc) is 2.18. The van der Waals surface area contributed by atoms with Crippen LogP contribution in [0.15, 0.2) is 24.3 Å². The van der Waals surface area contributed by atoms with Crippen LogP contribution in [0.1, 0.15) is 39.3 Å². The van der Waals surface area contributed by atoms with E-state index in [9.17, 15) is 0 Å². The molecule has 0 saturated heterocycles. The van der Waals surface area contributed by atoms with Gasteiger partial charge in [-0.05, 0) is 39.3 Å². The summed E-state index contributed by atoms with van der Waals surface area (Å²) in [7, 11) is 0. The van der Waals surface area contributed by atoms with Gasteiger partial charge in [0, 0.05) is 24.3 Å². The van der Waals surface area contributed by atoms with Crippen LogP contribution in [0.2, 0.25) is 0 Å². The molecule has 0 aliphatic heterocycles. The first-order chi connectivity index (χ1) is 7.07. The number of anilines is 1. The van der Waals surface area contributed by atoms with Gasteiger partial charge in [0.15, 0.2) is 0 Å². The van der Waals surface area contributed by atoms with Crippen LogP contribution < -0.4 is 10.6 Å². The van der Waals surface area contributed by atoms with Gasteiger partial charge in [0.05, 0.1) is 0 Å². The molecule has 2 heteroatoms. The number of rotatable bonds is 4. The van der Waals surface area contributed by atoms with Crippen molar-refractivity contribution >= 4 is 5.69 Å². The molecule has 2 nitrogen and oxygen atoms in total. The molecule has 0 amide bonds. The van der Waals surface area contributed by atoms with Crippen molar-refractivity contribution < 1.29 is 0 Å². The third-order valence-electron chi connectivity index (χ3n) is 2.70. The highest BCUT2D eigenvalue weighted by Crippen LogP contribution is 2.26. The maximum atomic E-state index is 5.98. The molecule has 0 aliphatic rings. The molecule has 1 aromatic carbocycles. The summed E-state index contributed by atoms with van der Waals surface area (Å²) < 4.78 is 0. The van der Waals surface area contributed by atoms with Crippen LogP contribution in [0, 0.1) is 0 Å². The Morgan fingerprint density at radius 2 is 1.80 bits per heavy atom. The van der Waals surface area contributed by atoms with Gasteiger partial charge in [-0.15, -0.1) is 0 Å². The van der Waals surface area contributed by atoms with Crippen molar-refractivity contribution in [1.82, 2.24) is 0 Å². The van der Waals surface area contributed by atoms with Crippen molar-refractivity contribution in [2.45, 2.75) is 39.8 Å². The first kappa shape index (κ1) is 12.1. The molecule has 0 aliphatic carbocycles. The first-order valence-corrected chi connectivity index (χ1v) is 5.69. The summed E-state index contributed by atoms with van der Waals surface area (Å²) in [4.78, 5) is 2.37. The van der Waals surface area contributed by atoms with Gasteiger partial charge in [-0.3, -0.25) is 0 Å². The molecule has 84 valence electrons. The minimum Gasteiger partial charge on any atom is -0.369 e. The zero-order valence-electron chi connectivity index (χ0n) is 10.2. The number of benzene rings is 1. The van der Waals surface area contributed by atoms with Crippen LogP contribution in [0.5, 0.6) is 0 Å². The van der Waals surface area contributed by atoms with Crippen molar-refractivity contribution in [1.29, 1.82) is 0 Å². The van der Waals surface area contributed by atoms with Crippen LogP contribution in [-0.4, -0.2) is 12.6 Å². The van der Waals surface area contributed by atoms with Gasteiger partial charge in [0.1, 0.15) is 0 Å². The maximum Gasteiger partial charge on any atom is 0.0416 e. The fourth-order valence-electron chi connectivity index (χ4n) is 1.95. The van der Waals surface area contributed by atoms with Crippen LogP contribution in [0.3, 0.4) is 0 Å². The fourth-order valence-corrected chi connectivity index (χ4v) is 1.95. The highest BCUT2D eigenvalue weighted by Gasteiger charge is 2.13. The molecule has 0 spiro atoms. The molecule has 1 atom stereocenters. The monoisotopic (exact) mass is 206 g/mol. The Morgan fingerprint density at radius 3 is 2.27 bits per heavy atom. The van der Waals surface area contributed by atoms with E-state index in [-0.39, 0.29) is 6.04 Å². The molecule has 1 rings (SSSR count). The zero-order valence-corrected chi connectivity index (χ0v) is 10.2. The summed E-state index contributed by atoms with van der Waals surface area (Å²) in [6.07, 6.45) is 0.